The number of nitrogens with one attached hydrogen (secondary N) is 1. The van der Waals surface area contributed by atoms with Crippen LogP contribution in [0.25, 0.3) is 11.0 Å². The highest BCUT2D eigenvalue weighted by molar-refractivity contribution is 7.89. The summed E-state index contributed by atoms with van der Waals surface area (Å²) in [5, 5.41) is 11.2. The van der Waals surface area contributed by atoms with E-state index in [-0.39, 0.29) is 16.8 Å². The van der Waals surface area contributed by atoms with Gasteiger partial charge in [0.25, 0.3) is 0 Å². The number of ether oxygens (including phenoxy) is 1. The van der Waals surface area contributed by atoms with Gasteiger partial charge in [-0.05, 0) is 49.9 Å². The van der Waals surface area contributed by atoms with Crippen LogP contribution >= 0.6 is 0 Å². The molecule has 0 radical (unpaired) electrons. The van der Waals surface area contributed by atoms with Crippen molar-refractivity contribution in [3.63, 3.8) is 0 Å². The summed E-state index contributed by atoms with van der Waals surface area (Å²) in [4.78, 5) is 13.1. The second kappa shape index (κ2) is 9.98. The molecule has 3 aromatic rings. The van der Waals surface area contributed by atoms with Crippen LogP contribution in [0.15, 0.2) is 53.4 Å². The Morgan fingerprint density at radius 3 is 2.79 bits per heavy atom. The maximum Gasteiger partial charge on any atom is 0.243 e. The molecule has 1 saturated heterocycles. The number of amides is 1. The van der Waals surface area contributed by atoms with E-state index >= 15 is 0 Å². The monoisotopic (exact) mass is 471 g/mol. The van der Waals surface area contributed by atoms with Crippen LogP contribution in [-0.4, -0.2) is 59.9 Å². The van der Waals surface area contributed by atoms with Crippen molar-refractivity contribution in [3.05, 3.63) is 54.1 Å². The van der Waals surface area contributed by atoms with Crippen LogP contribution in [0.4, 0.5) is 0 Å². The van der Waals surface area contributed by atoms with Crippen molar-refractivity contribution in [2.24, 2.45) is 0 Å². The molecule has 2 atom stereocenters. The van der Waals surface area contributed by atoms with Crippen molar-refractivity contribution >= 4 is 27.0 Å². The molecule has 33 heavy (non-hydrogen) atoms. The van der Waals surface area contributed by atoms with Gasteiger partial charge < -0.3 is 10.1 Å². The second-order valence-corrected chi connectivity index (χ2v) is 10.1. The molecule has 1 aliphatic rings. The normalized spacial score (nSPS) is 17.9. The maximum atomic E-state index is 13.4. The van der Waals surface area contributed by atoms with E-state index < -0.39 is 16.1 Å². The van der Waals surface area contributed by atoms with Crippen LogP contribution in [-0.2, 0) is 26.1 Å². The molecule has 1 amide bonds. The van der Waals surface area contributed by atoms with Gasteiger partial charge >= 0.3 is 0 Å². The zero-order valence-corrected chi connectivity index (χ0v) is 19.7. The molecule has 0 aliphatic carbocycles. The molecule has 2 aromatic carbocycles. The van der Waals surface area contributed by atoms with E-state index in [1.54, 1.807) is 23.9 Å². The summed E-state index contributed by atoms with van der Waals surface area (Å²) >= 11 is 0. The van der Waals surface area contributed by atoms with Crippen molar-refractivity contribution < 1.29 is 17.9 Å². The summed E-state index contributed by atoms with van der Waals surface area (Å²) in [6.07, 6.45) is 1.90. The van der Waals surface area contributed by atoms with Gasteiger partial charge in [-0.2, -0.15) is 4.31 Å². The average Bonchev–Trinajstić information content (AvgIpc) is 3.47. The Morgan fingerprint density at radius 1 is 1.24 bits per heavy atom. The highest BCUT2D eigenvalue weighted by atomic mass is 32.2. The lowest BCUT2D eigenvalue weighted by atomic mass is 10.1. The summed E-state index contributed by atoms with van der Waals surface area (Å²) in [6.45, 7) is 3.44. The number of fused-ring (bicyclic) bond motifs is 1. The van der Waals surface area contributed by atoms with Crippen molar-refractivity contribution in [2.45, 2.75) is 49.7 Å². The van der Waals surface area contributed by atoms with Crippen LogP contribution in [0.5, 0.6) is 0 Å². The van der Waals surface area contributed by atoms with Crippen LogP contribution in [0.1, 0.15) is 37.8 Å². The molecule has 4 rings (SSSR count). The van der Waals surface area contributed by atoms with Gasteiger partial charge in [0.05, 0.1) is 16.5 Å². The Hall–Kier alpha value is -2.82. The molecule has 1 aliphatic heterocycles. The number of carbonyl (C=O) groups excluding carboxylic acids is 1. The number of rotatable bonds is 9. The topological polar surface area (TPSA) is 106 Å². The van der Waals surface area contributed by atoms with Crippen molar-refractivity contribution in [2.75, 3.05) is 20.3 Å². The van der Waals surface area contributed by atoms with Crippen LogP contribution in [0, 0.1) is 0 Å². The number of nitrogens with zero attached hydrogens (tertiary/aromatic N) is 4. The second-order valence-electron chi connectivity index (χ2n) is 8.22. The molecular weight excluding hydrogens is 442 g/mol. The third-order valence-corrected chi connectivity index (χ3v) is 7.88. The van der Waals surface area contributed by atoms with E-state index in [9.17, 15) is 13.2 Å². The average molecular weight is 472 g/mol. The molecule has 0 bridgehead atoms. The zero-order chi connectivity index (χ0) is 23.4. The highest BCUT2D eigenvalue weighted by Crippen LogP contribution is 2.28. The number of benzene rings is 2. The Morgan fingerprint density at radius 2 is 2.03 bits per heavy atom. The fourth-order valence-corrected chi connectivity index (χ4v) is 5.87. The summed E-state index contributed by atoms with van der Waals surface area (Å²) in [7, 11) is -2.22. The first kappa shape index (κ1) is 23.3. The van der Waals surface area contributed by atoms with Crippen LogP contribution < -0.4 is 5.32 Å². The molecule has 9 nitrogen and oxygen atoms in total. The first-order valence-electron chi connectivity index (χ1n) is 11.1. The molecule has 0 saturated carbocycles. The van der Waals surface area contributed by atoms with Gasteiger partial charge in [-0.3, -0.25) is 4.79 Å². The molecule has 10 heteroatoms. The summed E-state index contributed by atoms with van der Waals surface area (Å²) in [5.74, 6) is -0.280. The van der Waals surface area contributed by atoms with E-state index in [1.807, 2.05) is 37.3 Å². The van der Waals surface area contributed by atoms with Crippen molar-refractivity contribution in [1.29, 1.82) is 0 Å². The quantitative estimate of drug-likeness (QED) is 0.481. The predicted molar refractivity (Wildman–Crippen MR) is 124 cm³/mol. The largest absolute Gasteiger partial charge is 0.385 e. The number of sulfonamides is 1. The molecule has 2 heterocycles. The van der Waals surface area contributed by atoms with Gasteiger partial charge in [0, 0.05) is 26.8 Å². The number of hydrogen-bond acceptors (Lipinski definition) is 6. The molecule has 1 N–H and O–H groups in total. The minimum absolute atomic E-state index is 0.120. The van der Waals surface area contributed by atoms with E-state index in [1.165, 1.54) is 10.4 Å². The van der Waals surface area contributed by atoms with E-state index in [0.29, 0.717) is 38.1 Å². The van der Waals surface area contributed by atoms with Crippen LogP contribution in [0.2, 0.25) is 0 Å². The number of carbonyl (C=O) groups is 1. The Labute approximate surface area is 193 Å². The summed E-state index contributed by atoms with van der Waals surface area (Å²) in [5.41, 5.74) is 2.24. The van der Waals surface area contributed by atoms with Gasteiger partial charge in [0.15, 0.2) is 0 Å². The number of aromatic nitrogens is 3. The fourth-order valence-electron chi connectivity index (χ4n) is 4.20. The molecule has 1 fully saturated rings. The lowest BCUT2D eigenvalue weighted by molar-refractivity contribution is -0.124. The van der Waals surface area contributed by atoms with Crippen molar-refractivity contribution in [3.8, 4) is 0 Å². The Bertz CT molecular complexity index is 1210. The van der Waals surface area contributed by atoms with Crippen molar-refractivity contribution in [1.82, 2.24) is 24.6 Å². The third-order valence-electron chi connectivity index (χ3n) is 5.98. The summed E-state index contributed by atoms with van der Waals surface area (Å²) in [6, 6.07) is 13.5. The smallest absolute Gasteiger partial charge is 0.243 e. The minimum atomic E-state index is -3.86. The van der Waals surface area contributed by atoms with Gasteiger partial charge in [-0.15, -0.1) is 5.10 Å². The predicted octanol–water partition coefficient (Wildman–Crippen LogP) is 2.50. The zero-order valence-electron chi connectivity index (χ0n) is 18.8. The molecule has 1 aromatic heterocycles. The number of aryl methyl sites for hydroxylation is 1. The Kier molecular flexibility index (Phi) is 7.06. The first-order valence-corrected chi connectivity index (χ1v) is 12.5. The van der Waals surface area contributed by atoms with E-state index in [0.717, 1.165) is 17.5 Å². The number of hydrogen-bond donors (Lipinski definition) is 1. The van der Waals surface area contributed by atoms with E-state index in [2.05, 4.69) is 15.6 Å². The van der Waals surface area contributed by atoms with Gasteiger partial charge in [0.2, 0.25) is 15.9 Å². The van der Waals surface area contributed by atoms with Gasteiger partial charge in [-0.1, -0.05) is 35.5 Å². The highest BCUT2D eigenvalue weighted by Gasteiger charge is 2.40. The lowest BCUT2D eigenvalue weighted by Gasteiger charge is -2.25. The molecular formula is C23H29N5O4S. The molecule has 0 spiro atoms. The number of methoxy groups -OCH3 is 1. The third kappa shape index (κ3) is 4.92. The lowest BCUT2D eigenvalue weighted by Crippen LogP contribution is -2.46. The standard InChI is InChI=1S/C23H29N5O4S/c1-17(18-8-4-3-5-9-18)24-23(29)22-10-6-14-28(22)33(30,31)19-11-12-21-20(16-19)25-26-27(21)13-7-15-32-2/h3-5,8-9,11-12,16-17,22H,6-7,10,13-15H2,1-2H3,(H,24,29). The molecule has 176 valence electrons. The fraction of sp³-hybridized carbons (Fsp3) is 0.435. The summed E-state index contributed by atoms with van der Waals surface area (Å²) < 4.78 is 35.0. The molecule has 2 unspecified atom stereocenters. The van der Waals surface area contributed by atoms with Gasteiger partial charge in [0.1, 0.15) is 11.6 Å². The maximum absolute atomic E-state index is 13.4. The van der Waals surface area contributed by atoms with Gasteiger partial charge in [-0.25, -0.2) is 13.1 Å². The van der Waals surface area contributed by atoms with Crippen LogP contribution in [0.3, 0.4) is 0 Å². The SMILES string of the molecule is COCCCn1nnc2cc(S(=O)(=O)N3CCCC3C(=O)NC(C)c3ccccc3)ccc21. The first-order chi connectivity index (χ1) is 15.9. The Balaban J connectivity index is 1.52. The van der Waals surface area contributed by atoms with E-state index in [4.69, 9.17) is 4.74 Å². The minimum Gasteiger partial charge on any atom is -0.385 e.